The lowest BCUT2D eigenvalue weighted by Gasteiger charge is -2.10. The highest BCUT2D eigenvalue weighted by Gasteiger charge is 2.17. The largest absolute Gasteiger partial charge is 0.496 e. The van der Waals surface area contributed by atoms with E-state index in [2.05, 4.69) is 6.92 Å². The molecule has 0 heterocycles. The minimum absolute atomic E-state index is 0.113. The molecule has 0 unspecified atom stereocenters. The van der Waals surface area contributed by atoms with Gasteiger partial charge in [-0.3, -0.25) is 4.79 Å². The van der Waals surface area contributed by atoms with Crippen molar-refractivity contribution in [2.24, 2.45) is 0 Å². The number of carbonyl (C=O) groups is 1. The summed E-state index contributed by atoms with van der Waals surface area (Å²) in [5, 5.41) is 0. The van der Waals surface area contributed by atoms with Crippen LogP contribution in [0.1, 0.15) is 28.4 Å². The van der Waals surface area contributed by atoms with Gasteiger partial charge in [-0.1, -0.05) is 37.3 Å². The van der Waals surface area contributed by atoms with Gasteiger partial charge < -0.3 is 10.5 Å². The molecule has 0 aliphatic rings. The van der Waals surface area contributed by atoms with Gasteiger partial charge in [0, 0.05) is 11.3 Å². The van der Waals surface area contributed by atoms with E-state index in [4.69, 9.17) is 10.5 Å². The second-order valence-electron chi connectivity index (χ2n) is 4.30. The molecule has 0 saturated carbocycles. The van der Waals surface area contributed by atoms with Gasteiger partial charge >= 0.3 is 0 Å². The maximum absolute atomic E-state index is 12.5. The first kappa shape index (κ1) is 13.1. The second-order valence-corrected chi connectivity index (χ2v) is 4.30. The molecule has 2 rings (SSSR count). The minimum Gasteiger partial charge on any atom is -0.496 e. The standard InChI is InChI=1S/C16H17NO2/c1-3-11-7-9-12(10-8-11)16(18)15-13(17)5-4-6-14(15)19-2/h4-10H,3,17H2,1-2H3. The number of carbonyl (C=O) groups excluding carboxylic acids is 1. The smallest absolute Gasteiger partial charge is 0.198 e. The van der Waals surface area contributed by atoms with Crippen LogP contribution in [0.15, 0.2) is 42.5 Å². The van der Waals surface area contributed by atoms with Crippen molar-refractivity contribution in [3.05, 3.63) is 59.2 Å². The summed E-state index contributed by atoms with van der Waals surface area (Å²) in [4.78, 5) is 12.5. The molecule has 0 saturated heterocycles. The first-order valence-corrected chi connectivity index (χ1v) is 6.23. The van der Waals surface area contributed by atoms with E-state index < -0.39 is 0 Å². The molecule has 2 N–H and O–H groups in total. The van der Waals surface area contributed by atoms with E-state index in [-0.39, 0.29) is 5.78 Å². The van der Waals surface area contributed by atoms with Gasteiger partial charge in [0.15, 0.2) is 5.78 Å². The summed E-state index contributed by atoms with van der Waals surface area (Å²) in [7, 11) is 1.53. The zero-order chi connectivity index (χ0) is 13.8. The molecular weight excluding hydrogens is 238 g/mol. The van der Waals surface area contributed by atoms with Crippen molar-refractivity contribution in [3.63, 3.8) is 0 Å². The molecule has 0 aliphatic carbocycles. The third-order valence-electron chi connectivity index (χ3n) is 3.13. The highest BCUT2D eigenvalue weighted by molar-refractivity contribution is 6.13. The lowest BCUT2D eigenvalue weighted by molar-refractivity contribution is 0.103. The van der Waals surface area contributed by atoms with Crippen molar-refractivity contribution in [1.82, 2.24) is 0 Å². The maximum Gasteiger partial charge on any atom is 0.198 e. The van der Waals surface area contributed by atoms with Crippen molar-refractivity contribution in [1.29, 1.82) is 0 Å². The van der Waals surface area contributed by atoms with Crippen molar-refractivity contribution >= 4 is 11.5 Å². The molecule has 0 fully saturated rings. The van der Waals surface area contributed by atoms with E-state index in [1.165, 1.54) is 12.7 Å². The third-order valence-corrected chi connectivity index (χ3v) is 3.13. The van der Waals surface area contributed by atoms with Crippen LogP contribution in [0.2, 0.25) is 0 Å². The zero-order valence-corrected chi connectivity index (χ0v) is 11.1. The average Bonchev–Trinajstić information content (AvgIpc) is 2.46. The quantitative estimate of drug-likeness (QED) is 0.674. The Bertz CT molecular complexity index is 588. The number of ether oxygens (including phenoxy) is 1. The van der Waals surface area contributed by atoms with Gasteiger partial charge in [-0.25, -0.2) is 0 Å². The Morgan fingerprint density at radius 3 is 2.42 bits per heavy atom. The van der Waals surface area contributed by atoms with Gasteiger partial charge in [0.25, 0.3) is 0 Å². The molecule has 0 bridgehead atoms. The van der Waals surface area contributed by atoms with Crippen LogP contribution in [-0.2, 0) is 6.42 Å². The number of nitrogens with two attached hydrogens (primary N) is 1. The summed E-state index contributed by atoms with van der Waals surface area (Å²) in [6.07, 6.45) is 0.950. The first-order chi connectivity index (χ1) is 9.17. The number of benzene rings is 2. The lowest BCUT2D eigenvalue weighted by Crippen LogP contribution is -2.07. The molecule has 19 heavy (non-hydrogen) atoms. The fourth-order valence-corrected chi connectivity index (χ4v) is 2.00. The summed E-state index contributed by atoms with van der Waals surface area (Å²) in [5.41, 5.74) is 8.57. The maximum atomic E-state index is 12.5. The molecule has 98 valence electrons. The van der Waals surface area contributed by atoms with Crippen LogP contribution in [0.5, 0.6) is 5.75 Å². The summed E-state index contributed by atoms with van der Waals surface area (Å²) in [5.74, 6) is 0.391. The summed E-state index contributed by atoms with van der Waals surface area (Å²) in [6, 6.07) is 12.8. The van der Waals surface area contributed by atoms with E-state index >= 15 is 0 Å². The normalized spacial score (nSPS) is 10.2. The number of rotatable bonds is 4. The van der Waals surface area contributed by atoms with Crippen molar-refractivity contribution in [2.45, 2.75) is 13.3 Å². The minimum atomic E-state index is -0.113. The summed E-state index contributed by atoms with van der Waals surface area (Å²) >= 11 is 0. The molecule has 0 spiro atoms. The van der Waals surface area contributed by atoms with E-state index in [0.29, 0.717) is 22.6 Å². The molecule has 2 aromatic rings. The van der Waals surface area contributed by atoms with Crippen LogP contribution in [0.25, 0.3) is 0 Å². The van der Waals surface area contributed by atoms with Gasteiger partial charge in [-0.15, -0.1) is 0 Å². The highest BCUT2D eigenvalue weighted by atomic mass is 16.5. The van der Waals surface area contributed by atoms with Gasteiger partial charge in [0.2, 0.25) is 0 Å². The Hall–Kier alpha value is -2.29. The molecule has 3 heteroatoms. The van der Waals surface area contributed by atoms with Crippen LogP contribution in [0.3, 0.4) is 0 Å². The molecule has 0 amide bonds. The van der Waals surface area contributed by atoms with Crippen LogP contribution in [0, 0.1) is 0 Å². The third kappa shape index (κ3) is 2.60. The average molecular weight is 255 g/mol. The van der Waals surface area contributed by atoms with Gasteiger partial charge in [0.1, 0.15) is 5.75 Å². The predicted octanol–water partition coefficient (Wildman–Crippen LogP) is 3.07. The number of hydrogen-bond acceptors (Lipinski definition) is 3. The van der Waals surface area contributed by atoms with Crippen LogP contribution in [0.4, 0.5) is 5.69 Å². The molecule has 0 radical (unpaired) electrons. The molecule has 2 aromatic carbocycles. The number of nitrogen functional groups attached to an aromatic ring is 1. The fourth-order valence-electron chi connectivity index (χ4n) is 2.00. The Morgan fingerprint density at radius 2 is 1.84 bits per heavy atom. The Labute approximate surface area is 113 Å². The van der Waals surface area contributed by atoms with Gasteiger partial charge in [-0.05, 0) is 24.1 Å². The zero-order valence-electron chi connectivity index (χ0n) is 11.1. The predicted molar refractivity (Wildman–Crippen MR) is 76.7 cm³/mol. The number of ketones is 1. The molecular formula is C16H17NO2. The molecule has 0 aromatic heterocycles. The monoisotopic (exact) mass is 255 g/mol. The van der Waals surface area contributed by atoms with Crippen LogP contribution < -0.4 is 10.5 Å². The second kappa shape index (κ2) is 5.57. The Kier molecular flexibility index (Phi) is 3.85. The Morgan fingerprint density at radius 1 is 1.16 bits per heavy atom. The van der Waals surface area contributed by atoms with Gasteiger partial charge in [0.05, 0.1) is 12.7 Å². The lowest BCUT2D eigenvalue weighted by atomic mass is 9.99. The molecule has 0 atom stereocenters. The topological polar surface area (TPSA) is 52.3 Å². The van der Waals surface area contributed by atoms with Crippen molar-refractivity contribution in [3.8, 4) is 5.75 Å². The SMILES string of the molecule is CCc1ccc(C(=O)c2c(N)cccc2OC)cc1. The van der Waals surface area contributed by atoms with Crippen LogP contribution >= 0.6 is 0 Å². The number of hydrogen-bond donors (Lipinski definition) is 1. The first-order valence-electron chi connectivity index (χ1n) is 6.23. The highest BCUT2D eigenvalue weighted by Crippen LogP contribution is 2.27. The fraction of sp³-hybridized carbons (Fsp3) is 0.188. The van der Waals surface area contributed by atoms with E-state index in [0.717, 1.165) is 6.42 Å². The number of aryl methyl sites for hydroxylation is 1. The van der Waals surface area contributed by atoms with Gasteiger partial charge in [-0.2, -0.15) is 0 Å². The Balaban J connectivity index is 2.43. The van der Waals surface area contributed by atoms with Crippen molar-refractivity contribution < 1.29 is 9.53 Å². The number of methoxy groups -OCH3 is 1. The van der Waals surface area contributed by atoms with E-state index in [1.54, 1.807) is 18.2 Å². The van der Waals surface area contributed by atoms with Crippen molar-refractivity contribution in [2.75, 3.05) is 12.8 Å². The van der Waals surface area contributed by atoms with E-state index in [1.807, 2.05) is 24.3 Å². The summed E-state index contributed by atoms with van der Waals surface area (Å²) < 4.78 is 5.21. The number of anilines is 1. The molecule has 0 aliphatic heterocycles. The van der Waals surface area contributed by atoms with E-state index in [9.17, 15) is 4.79 Å². The van der Waals surface area contributed by atoms with Crippen LogP contribution in [-0.4, -0.2) is 12.9 Å². The summed E-state index contributed by atoms with van der Waals surface area (Å²) in [6.45, 7) is 2.08. The molecule has 3 nitrogen and oxygen atoms in total.